The molecule has 0 fully saturated rings. The van der Waals surface area contributed by atoms with Crippen molar-refractivity contribution in [1.29, 1.82) is 0 Å². The molecule has 2 aromatic rings. The Balaban J connectivity index is 2.45. The van der Waals surface area contributed by atoms with E-state index in [9.17, 15) is 4.39 Å². The summed E-state index contributed by atoms with van der Waals surface area (Å²) in [6.07, 6.45) is 0. The minimum Gasteiger partial charge on any atom is -0.309 e. The van der Waals surface area contributed by atoms with Gasteiger partial charge in [-0.05, 0) is 68.6 Å². The van der Waals surface area contributed by atoms with Gasteiger partial charge in [0.2, 0.25) is 0 Å². The number of halogens is 3. The van der Waals surface area contributed by atoms with Gasteiger partial charge in [-0.15, -0.1) is 11.3 Å². The Morgan fingerprint density at radius 2 is 2.24 bits per heavy atom. The minimum absolute atomic E-state index is 0.104. The number of thiophene rings is 1. The van der Waals surface area contributed by atoms with Gasteiger partial charge in [-0.2, -0.15) is 0 Å². The van der Waals surface area contributed by atoms with Crippen LogP contribution in [0.2, 0.25) is 0 Å². The molecule has 1 aromatic carbocycles. The maximum atomic E-state index is 14.0. The molecule has 1 N–H and O–H groups in total. The number of rotatable bonds is 3. The van der Waals surface area contributed by atoms with Crippen molar-refractivity contribution >= 4 is 49.9 Å². The lowest BCUT2D eigenvalue weighted by Crippen LogP contribution is -2.18. The minimum atomic E-state index is -0.201. The summed E-state index contributed by atoms with van der Waals surface area (Å²) in [6.45, 7) is 0. The Hall–Kier alpha value is 0.0200. The van der Waals surface area contributed by atoms with Gasteiger partial charge >= 0.3 is 0 Å². The molecular formula is C12H10BrFINS. The Morgan fingerprint density at radius 1 is 1.47 bits per heavy atom. The van der Waals surface area contributed by atoms with Crippen LogP contribution in [0.25, 0.3) is 0 Å². The van der Waals surface area contributed by atoms with Gasteiger partial charge < -0.3 is 5.32 Å². The fraction of sp³-hybridized carbons (Fsp3) is 0.167. The Labute approximate surface area is 126 Å². The van der Waals surface area contributed by atoms with Gasteiger partial charge in [0.25, 0.3) is 0 Å². The third-order valence-electron chi connectivity index (χ3n) is 2.50. The first-order valence-corrected chi connectivity index (χ1v) is 7.73. The molecule has 0 spiro atoms. The highest BCUT2D eigenvalue weighted by atomic mass is 127. The van der Waals surface area contributed by atoms with Gasteiger partial charge in [-0.25, -0.2) is 4.39 Å². The number of hydrogen-bond donors (Lipinski definition) is 1. The second kappa shape index (κ2) is 5.77. The molecule has 1 unspecified atom stereocenters. The summed E-state index contributed by atoms with van der Waals surface area (Å²) in [6, 6.07) is 7.35. The van der Waals surface area contributed by atoms with E-state index in [4.69, 9.17) is 0 Å². The second-order valence-electron chi connectivity index (χ2n) is 3.55. The molecule has 1 aromatic heterocycles. The maximum Gasteiger partial charge on any atom is 0.142 e. The molecule has 0 aliphatic heterocycles. The van der Waals surface area contributed by atoms with Crippen molar-refractivity contribution in [3.8, 4) is 0 Å². The lowest BCUT2D eigenvalue weighted by molar-refractivity contribution is 0.571. The van der Waals surface area contributed by atoms with E-state index in [1.54, 1.807) is 17.4 Å². The first kappa shape index (κ1) is 13.5. The third-order valence-corrected chi connectivity index (χ3v) is 4.92. The zero-order valence-corrected chi connectivity index (χ0v) is 13.6. The standard InChI is InChI=1S/C12H10BrFINS/c1-16-12(7-5-10(15)17-6-7)8-3-2-4-9(13)11(8)14/h2-6,12,16H,1H3. The average Bonchev–Trinajstić information content (AvgIpc) is 2.72. The van der Waals surface area contributed by atoms with Crippen LogP contribution < -0.4 is 5.32 Å². The summed E-state index contributed by atoms with van der Waals surface area (Å²) in [5.74, 6) is -0.201. The van der Waals surface area contributed by atoms with Gasteiger partial charge in [0.1, 0.15) is 5.82 Å². The van der Waals surface area contributed by atoms with Gasteiger partial charge in [-0.1, -0.05) is 12.1 Å². The number of hydrogen-bond acceptors (Lipinski definition) is 2. The maximum absolute atomic E-state index is 14.0. The molecule has 0 aliphatic carbocycles. The lowest BCUT2D eigenvalue weighted by Gasteiger charge is -2.16. The smallest absolute Gasteiger partial charge is 0.142 e. The topological polar surface area (TPSA) is 12.0 Å². The molecule has 0 saturated carbocycles. The van der Waals surface area contributed by atoms with Crippen LogP contribution in [-0.2, 0) is 0 Å². The fourth-order valence-electron chi connectivity index (χ4n) is 1.72. The van der Waals surface area contributed by atoms with Crippen molar-refractivity contribution in [2.24, 2.45) is 0 Å². The van der Waals surface area contributed by atoms with Crippen LogP contribution in [0.5, 0.6) is 0 Å². The van der Waals surface area contributed by atoms with E-state index in [0.717, 1.165) is 5.56 Å². The van der Waals surface area contributed by atoms with Crippen LogP contribution >= 0.6 is 49.9 Å². The largest absolute Gasteiger partial charge is 0.309 e. The van der Waals surface area contributed by atoms with E-state index in [2.05, 4.69) is 55.3 Å². The van der Waals surface area contributed by atoms with Crippen LogP contribution in [0.3, 0.4) is 0 Å². The summed E-state index contributed by atoms with van der Waals surface area (Å²) in [5.41, 5.74) is 1.76. The molecule has 0 aliphatic rings. The van der Waals surface area contributed by atoms with Crippen LogP contribution in [-0.4, -0.2) is 7.05 Å². The van der Waals surface area contributed by atoms with Crippen LogP contribution in [0.15, 0.2) is 34.1 Å². The van der Waals surface area contributed by atoms with E-state index in [1.165, 1.54) is 2.88 Å². The van der Waals surface area contributed by atoms with Crippen molar-refractivity contribution in [3.63, 3.8) is 0 Å². The van der Waals surface area contributed by atoms with Crippen molar-refractivity contribution in [2.45, 2.75) is 6.04 Å². The Kier molecular flexibility index (Phi) is 4.57. The SMILES string of the molecule is CNC(c1csc(I)c1)c1cccc(Br)c1F. The van der Waals surface area contributed by atoms with Crippen molar-refractivity contribution < 1.29 is 4.39 Å². The molecule has 0 bridgehead atoms. The summed E-state index contributed by atoms with van der Waals surface area (Å²) < 4.78 is 15.7. The quantitative estimate of drug-likeness (QED) is 0.710. The van der Waals surface area contributed by atoms with Crippen LogP contribution in [0.1, 0.15) is 17.2 Å². The second-order valence-corrected chi connectivity index (χ2v) is 7.21. The van der Waals surface area contributed by atoms with Crippen LogP contribution in [0.4, 0.5) is 4.39 Å². The molecule has 0 radical (unpaired) electrons. The summed E-state index contributed by atoms with van der Waals surface area (Å²) in [5, 5.41) is 5.22. The monoisotopic (exact) mass is 425 g/mol. The van der Waals surface area contributed by atoms with Crippen molar-refractivity contribution in [2.75, 3.05) is 7.05 Å². The van der Waals surface area contributed by atoms with Gasteiger partial charge in [0.15, 0.2) is 0 Å². The summed E-state index contributed by atoms with van der Waals surface area (Å²) in [4.78, 5) is 0. The Bertz CT molecular complexity index is 529. The molecule has 0 saturated heterocycles. The highest BCUT2D eigenvalue weighted by Crippen LogP contribution is 2.30. The Morgan fingerprint density at radius 3 is 2.82 bits per heavy atom. The normalized spacial score (nSPS) is 12.7. The molecule has 1 nitrogen and oxygen atoms in total. The zero-order chi connectivity index (χ0) is 12.4. The third kappa shape index (κ3) is 2.89. The molecule has 2 rings (SSSR count). The van der Waals surface area contributed by atoms with Gasteiger partial charge in [0, 0.05) is 5.56 Å². The summed E-state index contributed by atoms with van der Waals surface area (Å²) >= 11 is 7.16. The number of benzene rings is 1. The first-order chi connectivity index (χ1) is 8.13. The number of nitrogens with one attached hydrogen (secondary N) is 1. The average molecular weight is 426 g/mol. The first-order valence-electron chi connectivity index (χ1n) is 4.98. The lowest BCUT2D eigenvalue weighted by atomic mass is 10.0. The highest BCUT2D eigenvalue weighted by Gasteiger charge is 2.18. The molecule has 0 amide bonds. The van der Waals surface area contributed by atoms with Gasteiger partial charge in [-0.3, -0.25) is 0 Å². The molecular weight excluding hydrogens is 416 g/mol. The molecule has 1 atom stereocenters. The molecule has 5 heteroatoms. The molecule has 90 valence electrons. The predicted octanol–water partition coefficient (Wildman–Crippen LogP) is 4.56. The fourth-order valence-corrected chi connectivity index (χ4v) is 3.50. The van der Waals surface area contributed by atoms with Crippen molar-refractivity contribution in [3.05, 3.63) is 53.9 Å². The van der Waals surface area contributed by atoms with E-state index >= 15 is 0 Å². The predicted molar refractivity (Wildman–Crippen MR) is 82.0 cm³/mol. The van der Waals surface area contributed by atoms with E-state index in [1.807, 2.05) is 19.2 Å². The molecule has 1 heterocycles. The van der Waals surface area contributed by atoms with Gasteiger partial charge in [0.05, 0.1) is 13.4 Å². The van der Waals surface area contributed by atoms with E-state index in [0.29, 0.717) is 10.0 Å². The van der Waals surface area contributed by atoms with E-state index in [-0.39, 0.29) is 11.9 Å². The van der Waals surface area contributed by atoms with Crippen LogP contribution in [0, 0.1) is 8.70 Å². The zero-order valence-electron chi connectivity index (χ0n) is 9.01. The molecule has 17 heavy (non-hydrogen) atoms. The van der Waals surface area contributed by atoms with E-state index < -0.39 is 0 Å². The van der Waals surface area contributed by atoms with Crippen molar-refractivity contribution in [1.82, 2.24) is 5.32 Å². The highest BCUT2D eigenvalue weighted by molar-refractivity contribution is 14.1. The summed E-state index contributed by atoms with van der Waals surface area (Å²) in [7, 11) is 1.84.